The Balaban J connectivity index is 0.00000136. The van der Waals surface area contributed by atoms with Crippen LogP contribution in [0.5, 0.6) is 0 Å². The van der Waals surface area contributed by atoms with E-state index in [4.69, 9.17) is 0 Å². The second kappa shape index (κ2) is 7.92. The number of aliphatic hydroxyl groups is 1. The minimum Gasteiger partial charge on any atom is -0.361 e. The van der Waals surface area contributed by atoms with Crippen LogP contribution in [0.15, 0.2) is 64.5 Å². The fourth-order valence-corrected chi connectivity index (χ4v) is 3.24. The lowest BCUT2D eigenvalue weighted by atomic mass is 10.1. The quantitative estimate of drug-likeness (QED) is 0.833. The number of alkyl halides is 3. The molecule has 0 radical (unpaired) electrons. The topological polar surface area (TPSA) is 70.0 Å². The Hall–Kier alpha value is -2.39. The van der Waals surface area contributed by atoms with E-state index in [2.05, 4.69) is 4.99 Å². The van der Waals surface area contributed by atoms with Crippen LogP contribution in [0.4, 0.5) is 18.9 Å². The molecule has 0 fully saturated rings. The lowest BCUT2D eigenvalue weighted by Crippen LogP contribution is -2.47. The van der Waals surface area contributed by atoms with E-state index in [1.165, 1.54) is 29.2 Å². The highest BCUT2D eigenvalue weighted by molar-refractivity contribution is 7.90. The first-order valence-electron chi connectivity index (χ1n) is 8.53. The number of benzene rings is 2. The zero-order valence-electron chi connectivity index (χ0n) is 15.6. The van der Waals surface area contributed by atoms with Gasteiger partial charge in [0.1, 0.15) is 5.84 Å². The second-order valence-corrected chi connectivity index (χ2v) is 7.98. The third kappa shape index (κ3) is 4.36. The molecule has 5 nitrogen and oxygen atoms in total. The first kappa shape index (κ1) is 21.9. The third-order valence-electron chi connectivity index (χ3n) is 3.99. The first-order valence-corrected chi connectivity index (χ1v) is 10.4. The number of β-amino-alcohol motifs (C(OH)–C–C–N with tert-alkyl or cyclic N) is 1. The number of halogens is 3. The van der Waals surface area contributed by atoms with Crippen LogP contribution in [0.2, 0.25) is 0 Å². The van der Waals surface area contributed by atoms with Crippen LogP contribution < -0.4 is 4.90 Å². The van der Waals surface area contributed by atoms with Crippen LogP contribution in [0, 0.1) is 0 Å². The molecule has 152 valence electrons. The summed E-state index contributed by atoms with van der Waals surface area (Å²) >= 11 is 0. The van der Waals surface area contributed by atoms with Gasteiger partial charge in [0, 0.05) is 17.5 Å². The summed E-state index contributed by atoms with van der Waals surface area (Å²) in [5.41, 5.74) is -2.55. The van der Waals surface area contributed by atoms with Crippen molar-refractivity contribution in [3.05, 3.63) is 60.2 Å². The summed E-state index contributed by atoms with van der Waals surface area (Å²) in [5, 5.41) is 10.0. The number of sulfone groups is 1. The van der Waals surface area contributed by atoms with Gasteiger partial charge in [-0.05, 0) is 24.3 Å². The van der Waals surface area contributed by atoms with Gasteiger partial charge >= 0.3 is 6.18 Å². The fraction of sp³-hybridized carbons (Fsp3) is 0.316. The van der Waals surface area contributed by atoms with Crippen molar-refractivity contribution in [3.8, 4) is 0 Å². The summed E-state index contributed by atoms with van der Waals surface area (Å²) in [5.74, 6) is -0.0440. The van der Waals surface area contributed by atoms with Gasteiger partial charge in [-0.1, -0.05) is 44.2 Å². The predicted molar refractivity (Wildman–Crippen MR) is 102 cm³/mol. The van der Waals surface area contributed by atoms with Crippen molar-refractivity contribution in [2.45, 2.75) is 30.6 Å². The average Bonchev–Trinajstić information content (AvgIpc) is 3.03. The van der Waals surface area contributed by atoms with E-state index < -0.39 is 28.3 Å². The minimum atomic E-state index is -4.95. The SMILES string of the molecule is CC.CS(=O)(=O)c1ccc(N2CC(O)(C(F)(F)F)N=C2c2ccccc2)cc1. The Bertz CT molecular complexity index is 943. The second-order valence-electron chi connectivity index (χ2n) is 5.97. The molecule has 1 unspecified atom stereocenters. The Morgan fingerprint density at radius 2 is 1.57 bits per heavy atom. The van der Waals surface area contributed by atoms with Crippen LogP contribution in [0.25, 0.3) is 0 Å². The molecule has 0 saturated carbocycles. The lowest BCUT2D eigenvalue weighted by Gasteiger charge is -2.25. The smallest absolute Gasteiger partial charge is 0.361 e. The predicted octanol–water partition coefficient (Wildman–Crippen LogP) is 3.63. The molecule has 2 aromatic rings. The Morgan fingerprint density at radius 3 is 2.04 bits per heavy atom. The van der Waals surface area contributed by atoms with Gasteiger partial charge in [-0.3, -0.25) is 0 Å². The van der Waals surface area contributed by atoms with Gasteiger partial charge < -0.3 is 10.0 Å². The van der Waals surface area contributed by atoms with E-state index in [1.807, 2.05) is 13.8 Å². The standard InChI is InChI=1S/C17H15F3N2O3S.C2H6/c1-26(24,25)14-9-7-13(8-10-14)22-11-16(23,17(18,19)20)21-15(22)12-5-3-2-4-6-12;1-2/h2-10,23H,11H2,1H3;1-2H3. The van der Waals surface area contributed by atoms with Gasteiger partial charge in [0.2, 0.25) is 0 Å². The first-order chi connectivity index (χ1) is 13.0. The van der Waals surface area contributed by atoms with Crippen LogP contribution in [0.3, 0.4) is 0 Å². The van der Waals surface area contributed by atoms with Gasteiger partial charge in [-0.15, -0.1) is 0 Å². The van der Waals surface area contributed by atoms with Crippen molar-refractivity contribution in [2.75, 3.05) is 17.7 Å². The van der Waals surface area contributed by atoms with E-state index >= 15 is 0 Å². The number of hydrogen-bond donors (Lipinski definition) is 1. The van der Waals surface area contributed by atoms with E-state index in [0.29, 0.717) is 11.3 Å². The minimum absolute atomic E-state index is 0.0440. The molecular weight excluding hydrogens is 393 g/mol. The summed E-state index contributed by atoms with van der Waals surface area (Å²) < 4.78 is 63.0. The van der Waals surface area contributed by atoms with Gasteiger partial charge in [0.15, 0.2) is 9.84 Å². The maximum Gasteiger partial charge on any atom is 0.440 e. The Labute approximate surface area is 162 Å². The molecule has 0 amide bonds. The number of hydrogen-bond acceptors (Lipinski definition) is 5. The molecule has 1 N–H and O–H groups in total. The molecule has 2 aromatic carbocycles. The lowest BCUT2D eigenvalue weighted by molar-refractivity contribution is -0.249. The van der Waals surface area contributed by atoms with Crippen LogP contribution in [0.1, 0.15) is 19.4 Å². The molecule has 1 aliphatic rings. The number of anilines is 1. The molecule has 0 aromatic heterocycles. The van der Waals surface area contributed by atoms with Crippen molar-refractivity contribution in [1.29, 1.82) is 0 Å². The summed E-state index contributed by atoms with van der Waals surface area (Å²) in [6, 6.07) is 13.5. The van der Waals surface area contributed by atoms with E-state index in [1.54, 1.807) is 30.3 Å². The monoisotopic (exact) mass is 414 g/mol. The summed E-state index contributed by atoms with van der Waals surface area (Å²) in [7, 11) is -3.43. The summed E-state index contributed by atoms with van der Waals surface area (Å²) in [6.45, 7) is 3.18. The van der Waals surface area contributed by atoms with Crippen molar-refractivity contribution in [3.63, 3.8) is 0 Å². The summed E-state index contributed by atoms with van der Waals surface area (Å²) in [6.07, 6.45) is -3.91. The molecule has 3 rings (SSSR count). The Morgan fingerprint density at radius 1 is 1.04 bits per heavy atom. The maximum absolute atomic E-state index is 13.3. The molecule has 1 atom stereocenters. The van der Waals surface area contributed by atoms with Crippen LogP contribution in [-0.4, -0.2) is 44.1 Å². The molecule has 0 bridgehead atoms. The highest BCUT2D eigenvalue weighted by atomic mass is 32.2. The van der Waals surface area contributed by atoms with Crippen molar-refractivity contribution in [2.24, 2.45) is 4.99 Å². The number of rotatable bonds is 3. The average molecular weight is 414 g/mol. The molecular formula is C19H21F3N2O3S. The molecule has 0 aliphatic carbocycles. The van der Waals surface area contributed by atoms with Gasteiger partial charge in [-0.2, -0.15) is 13.2 Å². The number of nitrogens with zero attached hydrogens (tertiary/aromatic N) is 2. The fourth-order valence-electron chi connectivity index (χ4n) is 2.61. The molecule has 0 saturated heterocycles. The van der Waals surface area contributed by atoms with Crippen molar-refractivity contribution in [1.82, 2.24) is 0 Å². The van der Waals surface area contributed by atoms with Gasteiger partial charge in [0.25, 0.3) is 5.72 Å². The molecule has 1 aliphatic heterocycles. The van der Waals surface area contributed by atoms with Crippen molar-refractivity contribution >= 4 is 21.4 Å². The Kier molecular flexibility index (Phi) is 6.20. The largest absolute Gasteiger partial charge is 0.440 e. The normalized spacial score (nSPS) is 19.7. The highest BCUT2D eigenvalue weighted by Crippen LogP contribution is 2.38. The van der Waals surface area contributed by atoms with Gasteiger partial charge in [-0.25, -0.2) is 13.4 Å². The van der Waals surface area contributed by atoms with E-state index in [-0.39, 0.29) is 10.7 Å². The zero-order chi connectivity index (χ0) is 21.2. The summed E-state index contributed by atoms with van der Waals surface area (Å²) in [4.78, 5) is 4.81. The van der Waals surface area contributed by atoms with Gasteiger partial charge in [0.05, 0.1) is 11.4 Å². The van der Waals surface area contributed by atoms with Crippen LogP contribution in [-0.2, 0) is 9.84 Å². The highest BCUT2D eigenvalue weighted by Gasteiger charge is 2.58. The van der Waals surface area contributed by atoms with Crippen LogP contribution >= 0.6 is 0 Å². The molecule has 28 heavy (non-hydrogen) atoms. The molecule has 1 heterocycles. The maximum atomic E-state index is 13.3. The molecule has 0 spiro atoms. The number of aliphatic imine (C=N–C) groups is 1. The zero-order valence-corrected chi connectivity index (χ0v) is 16.4. The van der Waals surface area contributed by atoms with E-state index in [0.717, 1.165) is 6.26 Å². The van der Waals surface area contributed by atoms with Crippen molar-refractivity contribution < 1.29 is 26.7 Å². The molecule has 9 heteroatoms. The van der Waals surface area contributed by atoms with E-state index in [9.17, 15) is 26.7 Å². The number of amidine groups is 1. The third-order valence-corrected chi connectivity index (χ3v) is 5.12.